The number of benzene rings is 4. The molecule has 5 aromatic rings. The van der Waals surface area contributed by atoms with E-state index >= 15 is 0 Å². The summed E-state index contributed by atoms with van der Waals surface area (Å²) in [6, 6.07) is 27.3. The van der Waals surface area contributed by atoms with Gasteiger partial charge in [-0.05, 0) is 66.4 Å². The number of aromatic nitrogens is 1. The van der Waals surface area contributed by atoms with E-state index in [4.69, 9.17) is 9.72 Å². The maximum Gasteiger partial charge on any atom is 0.264 e. The first-order valence-electron chi connectivity index (χ1n) is 12.9. The van der Waals surface area contributed by atoms with Gasteiger partial charge in [0.2, 0.25) is 0 Å². The Labute approximate surface area is 237 Å². The number of rotatable bonds is 7. The van der Waals surface area contributed by atoms with Crippen LogP contribution >= 0.6 is 11.3 Å². The van der Waals surface area contributed by atoms with E-state index in [2.05, 4.69) is 0 Å². The minimum atomic E-state index is -3.76. The molecule has 4 aromatic carbocycles. The fourth-order valence-electron chi connectivity index (χ4n) is 4.98. The molecular weight excluding hydrogens is 542 g/mol. The summed E-state index contributed by atoms with van der Waals surface area (Å²) in [5.74, 6) is 0.378. The van der Waals surface area contributed by atoms with E-state index in [-0.39, 0.29) is 10.8 Å². The van der Waals surface area contributed by atoms with Gasteiger partial charge in [-0.25, -0.2) is 13.4 Å². The molecule has 1 amide bonds. The van der Waals surface area contributed by atoms with Crippen molar-refractivity contribution in [3.05, 3.63) is 113 Å². The molecule has 2 heterocycles. The van der Waals surface area contributed by atoms with Gasteiger partial charge < -0.3 is 4.74 Å². The van der Waals surface area contributed by atoms with Crippen LogP contribution in [0.15, 0.2) is 95.9 Å². The third-order valence-corrected chi connectivity index (χ3v) is 10.1. The molecule has 0 spiro atoms. The Morgan fingerprint density at radius 3 is 2.45 bits per heavy atom. The van der Waals surface area contributed by atoms with E-state index in [1.165, 1.54) is 27.8 Å². The minimum absolute atomic E-state index is 0.149. The smallest absolute Gasteiger partial charge is 0.264 e. The summed E-state index contributed by atoms with van der Waals surface area (Å²) in [5, 5.41) is 0.543. The van der Waals surface area contributed by atoms with Gasteiger partial charge in [0.1, 0.15) is 11.3 Å². The Balaban J connectivity index is 1.35. The molecule has 202 valence electrons. The van der Waals surface area contributed by atoms with Crippen molar-refractivity contribution in [2.24, 2.45) is 0 Å². The second-order valence-corrected chi connectivity index (χ2v) is 12.5. The zero-order chi connectivity index (χ0) is 27.9. The van der Waals surface area contributed by atoms with Crippen LogP contribution in [0.1, 0.15) is 27.0 Å². The first-order valence-corrected chi connectivity index (χ1v) is 15.1. The average Bonchev–Trinajstić information content (AvgIpc) is 3.63. The standard InChI is InChI=1S/C31H27N3O4S2/c1-21-12-17-27(38-2)28-29(21)39-31(32-28)33(20-22-8-4-3-5-9-22)30(35)24-13-15-25(16-14-24)40(36,37)34-19-18-23-10-6-7-11-26(23)34/h3-17H,18-20H2,1-2H3. The third-order valence-electron chi connectivity index (χ3n) is 7.11. The quantitative estimate of drug-likeness (QED) is 0.233. The lowest BCUT2D eigenvalue weighted by Crippen LogP contribution is -2.31. The highest BCUT2D eigenvalue weighted by Crippen LogP contribution is 2.38. The molecule has 40 heavy (non-hydrogen) atoms. The molecule has 0 aliphatic carbocycles. The zero-order valence-corrected chi connectivity index (χ0v) is 23.7. The largest absolute Gasteiger partial charge is 0.494 e. The van der Waals surface area contributed by atoms with Gasteiger partial charge in [0.15, 0.2) is 5.13 Å². The Morgan fingerprint density at radius 1 is 0.975 bits per heavy atom. The summed E-state index contributed by atoms with van der Waals surface area (Å²) in [5.41, 5.74) is 4.80. The molecule has 0 saturated carbocycles. The molecule has 0 N–H and O–H groups in total. The molecule has 6 rings (SSSR count). The SMILES string of the molecule is COc1ccc(C)c2sc(N(Cc3ccccc3)C(=O)c3ccc(S(=O)(=O)N4CCc5ccccc54)cc3)nc12. The van der Waals surface area contributed by atoms with Crippen molar-refractivity contribution in [3.63, 3.8) is 0 Å². The Bertz CT molecular complexity index is 1820. The number of aryl methyl sites for hydroxylation is 1. The van der Waals surface area contributed by atoms with Crippen molar-refractivity contribution < 1.29 is 17.9 Å². The van der Waals surface area contributed by atoms with Gasteiger partial charge >= 0.3 is 0 Å². The average molecular weight is 570 g/mol. The van der Waals surface area contributed by atoms with Crippen LogP contribution in [0, 0.1) is 6.92 Å². The Kier molecular flexibility index (Phi) is 6.77. The van der Waals surface area contributed by atoms with Crippen LogP contribution in [0.3, 0.4) is 0 Å². The molecule has 0 saturated heterocycles. The van der Waals surface area contributed by atoms with E-state index < -0.39 is 10.0 Å². The second kappa shape index (κ2) is 10.4. The summed E-state index contributed by atoms with van der Waals surface area (Å²) >= 11 is 1.43. The summed E-state index contributed by atoms with van der Waals surface area (Å²) in [7, 11) is -2.16. The molecule has 0 unspecified atom stereocenters. The number of hydrogen-bond donors (Lipinski definition) is 0. The van der Waals surface area contributed by atoms with E-state index in [1.807, 2.05) is 73.7 Å². The van der Waals surface area contributed by atoms with Crippen LogP contribution in [0.5, 0.6) is 5.75 Å². The third kappa shape index (κ3) is 4.61. The maximum atomic E-state index is 13.9. The van der Waals surface area contributed by atoms with E-state index in [9.17, 15) is 13.2 Å². The monoisotopic (exact) mass is 569 g/mol. The van der Waals surface area contributed by atoms with Gasteiger partial charge in [0.05, 0.1) is 28.9 Å². The highest BCUT2D eigenvalue weighted by Gasteiger charge is 2.31. The van der Waals surface area contributed by atoms with Crippen LogP contribution in [0.2, 0.25) is 0 Å². The number of hydrogen-bond acceptors (Lipinski definition) is 6. The van der Waals surface area contributed by atoms with Crippen LogP contribution in [-0.2, 0) is 23.0 Å². The number of amides is 1. The number of anilines is 2. The first kappa shape index (κ1) is 26.0. The topological polar surface area (TPSA) is 79.8 Å². The van der Waals surface area contributed by atoms with Gasteiger partial charge in [-0.2, -0.15) is 0 Å². The summed E-state index contributed by atoms with van der Waals surface area (Å²) in [6.07, 6.45) is 0.673. The van der Waals surface area contributed by atoms with Gasteiger partial charge in [0, 0.05) is 12.1 Å². The number of carbonyl (C=O) groups is 1. The predicted octanol–water partition coefficient (Wildman–Crippen LogP) is 6.21. The maximum absolute atomic E-state index is 13.9. The lowest BCUT2D eigenvalue weighted by Gasteiger charge is -2.21. The summed E-state index contributed by atoms with van der Waals surface area (Å²) < 4.78 is 34.9. The van der Waals surface area contributed by atoms with E-state index in [1.54, 1.807) is 24.1 Å². The second-order valence-electron chi connectivity index (χ2n) is 9.62. The van der Waals surface area contributed by atoms with Crippen molar-refractivity contribution in [1.29, 1.82) is 0 Å². The van der Waals surface area contributed by atoms with Crippen molar-refractivity contribution >= 4 is 48.3 Å². The van der Waals surface area contributed by atoms with E-state index in [0.29, 0.717) is 47.2 Å². The van der Waals surface area contributed by atoms with Gasteiger partial charge in [-0.1, -0.05) is 65.9 Å². The fraction of sp³-hybridized carbons (Fsp3) is 0.161. The first-order chi connectivity index (χ1) is 19.4. The number of thiazole rings is 1. The Morgan fingerprint density at radius 2 is 1.70 bits per heavy atom. The van der Waals surface area contributed by atoms with E-state index in [0.717, 1.165) is 21.4 Å². The van der Waals surface area contributed by atoms with Gasteiger partial charge in [-0.15, -0.1) is 0 Å². The van der Waals surface area contributed by atoms with Crippen LogP contribution in [0.4, 0.5) is 10.8 Å². The number of fused-ring (bicyclic) bond motifs is 2. The molecule has 0 radical (unpaired) electrons. The number of nitrogens with zero attached hydrogens (tertiary/aromatic N) is 3. The molecule has 0 fully saturated rings. The predicted molar refractivity (Wildman–Crippen MR) is 159 cm³/mol. The van der Waals surface area contributed by atoms with Gasteiger partial charge in [0.25, 0.3) is 15.9 Å². The normalized spacial score (nSPS) is 12.9. The highest BCUT2D eigenvalue weighted by molar-refractivity contribution is 7.92. The van der Waals surface area contributed by atoms with Crippen molar-refractivity contribution in [1.82, 2.24) is 4.98 Å². The van der Waals surface area contributed by atoms with Crippen molar-refractivity contribution in [3.8, 4) is 5.75 Å². The zero-order valence-electron chi connectivity index (χ0n) is 22.1. The number of sulfonamides is 1. The molecular formula is C31H27N3O4S2. The fourth-order valence-corrected chi connectivity index (χ4v) is 7.53. The van der Waals surface area contributed by atoms with Gasteiger partial charge in [-0.3, -0.25) is 14.0 Å². The van der Waals surface area contributed by atoms with Crippen LogP contribution in [0.25, 0.3) is 10.2 Å². The number of ether oxygens (including phenoxy) is 1. The van der Waals surface area contributed by atoms with Crippen molar-refractivity contribution in [2.45, 2.75) is 24.8 Å². The number of carbonyl (C=O) groups excluding carboxylic acids is 1. The Hall–Kier alpha value is -4.21. The molecule has 1 aliphatic rings. The van der Waals surface area contributed by atoms with Crippen LogP contribution < -0.4 is 13.9 Å². The summed E-state index contributed by atoms with van der Waals surface area (Å²) in [4.78, 5) is 20.5. The summed E-state index contributed by atoms with van der Waals surface area (Å²) in [6.45, 7) is 2.71. The lowest BCUT2D eigenvalue weighted by molar-refractivity contribution is 0.0985. The highest BCUT2D eigenvalue weighted by atomic mass is 32.2. The van der Waals surface area contributed by atoms with Crippen LogP contribution in [-0.4, -0.2) is 33.0 Å². The number of para-hydroxylation sites is 1. The lowest BCUT2D eigenvalue weighted by atomic mass is 10.1. The number of methoxy groups -OCH3 is 1. The van der Waals surface area contributed by atoms with Crippen molar-refractivity contribution in [2.75, 3.05) is 22.9 Å². The molecule has 0 bridgehead atoms. The molecule has 7 nitrogen and oxygen atoms in total. The molecule has 1 aromatic heterocycles. The molecule has 1 aliphatic heterocycles. The molecule has 0 atom stereocenters. The minimum Gasteiger partial charge on any atom is -0.494 e. The molecule has 9 heteroatoms.